The second-order valence-corrected chi connectivity index (χ2v) is 5.50. The van der Waals surface area contributed by atoms with Gasteiger partial charge in [-0.15, -0.1) is 0 Å². The lowest BCUT2D eigenvalue weighted by molar-refractivity contribution is 1.70. The van der Waals surface area contributed by atoms with Crippen LogP contribution in [-0.2, 0) is 0 Å². The third-order valence-electron chi connectivity index (χ3n) is 4.22. The molecule has 21 heavy (non-hydrogen) atoms. The first-order valence-corrected chi connectivity index (χ1v) is 7.31. The predicted octanol–water partition coefficient (Wildman–Crippen LogP) is 3.92. The van der Waals surface area contributed by atoms with Gasteiger partial charge in [-0.1, -0.05) is 84.3 Å². The van der Waals surface area contributed by atoms with Crippen LogP contribution in [0.25, 0.3) is 32.7 Å². The first-order valence-electron chi connectivity index (χ1n) is 7.31. The molecule has 4 aromatic rings. The Balaban J connectivity index is 2.13. The molecule has 4 rings (SSSR count). The van der Waals surface area contributed by atoms with E-state index >= 15 is 0 Å². The van der Waals surface area contributed by atoms with Crippen molar-refractivity contribution < 1.29 is 0 Å². The lowest BCUT2D eigenvalue weighted by atomic mass is 9.86. The summed E-state index contributed by atoms with van der Waals surface area (Å²) in [7, 11) is 2.18. The number of benzene rings is 4. The molecule has 0 spiro atoms. The number of hydrogen-bond acceptors (Lipinski definition) is 0. The highest BCUT2D eigenvalue weighted by Gasteiger charge is 2.08. The van der Waals surface area contributed by atoms with Gasteiger partial charge in [-0.3, -0.25) is 0 Å². The van der Waals surface area contributed by atoms with Gasteiger partial charge in [0.25, 0.3) is 0 Å². The number of fused-ring (bicyclic) bond motifs is 2. The molecule has 0 atom stereocenters. The molecule has 0 heterocycles. The minimum atomic E-state index is 1.29. The molecule has 0 radical (unpaired) electrons. The van der Waals surface area contributed by atoms with Crippen molar-refractivity contribution in [2.45, 2.75) is 0 Å². The van der Waals surface area contributed by atoms with Gasteiger partial charge in [0.05, 0.1) is 0 Å². The van der Waals surface area contributed by atoms with Gasteiger partial charge in [0.2, 0.25) is 0 Å². The fourth-order valence-corrected chi connectivity index (χ4v) is 3.14. The maximum atomic E-state index is 2.25. The van der Waals surface area contributed by atoms with Crippen molar-refractivity contribution in [3.05, 3.63) is 78.9 Å². The molecule has 0 fully saturated rings. The maximum Gasteiger partial charge on any atom is 0.140 e. The average molecular weight is 266 g/mol. The van der Waals surface area contributed by atoms with Crippen molar-refractivity contribution in [3.63, 3.8) is 0 Å². The van der Waals surface area contributed by atoms with Crippen LogP contribution in [0, 0.1) is 0 Å². The Morgan fingerprint density at radius 1 is 0.476 bits per heavy atom. The molecule has 0 aliphatic rings. The Kier molecular flexibility index (Phi) is 2.78. The molecule has 0 amide bonds. The quantitative estimate of drug-likeness (QED) is 0.458. The van der Waals surface area contributed by atoms with Gasteiger partial charge in [0, 0.05) is 0 Å². The summed E-state index contributed by atoms with van der Waals surface area (Å²) in [6, 6.07) is 28.3. The number of rotatable bonds is 1. The van der Waals surface area contributed by atoms with Crippen LogP contribution in [-0.4, -0.2) is 7.85 Å². The molecule has 98 valence electrons. The van der Waals surface area contributed by atoms with Crippen molar-refractivity contribution in [1.82, 2.24) is 0 Å². The van der Waals surface area contributed by atoms with Crippen molar-refractivity contribution in [2.75, 3.05) is 0 Å². The fourth-order valence-electron chi connectivity index (χ4n) is 3.14. The molecular formula is C20H15B. The van der Waals surface area contributed by atoms with E-state index in [0.29, 0.717) is 0 Å². The predicted molar refractivity (Wildman–Crippen MR) is 95.1 cm³/mol. The summed E-state index contributed by atoms with van der Waals surface area (Å²) in [5.41, 5.74) is 3.95. The topological polar surface area (TPSA) is 0 Å². The van der Waals surface area contributed by atoms with Crippen molar-refractivity contribution in [2.24, 2.45) is 0 Å². The molecule has 0 aliphatic carbocycles. The van der Waals surface area contributed by atoms with Crippen LogP contribution in [0.2, 0.25) is 0 Å². The van der Waals surface area contributed by atoms with Crippen LogP contribution in [0.3, 0.4) is 0 Å². The van der Waals surface area contributed by atoms with Gasteiger partial charge in [-0.25, -0.2) is 0 Å². The molecule has 0 N–H and O–H groups in total. The molecule has 0 aliphatic heterocycles. The Bertz CT molecular complexity index is 949. The summed E-state index contributed by atoms with van der Waals surface area (Å²) < 4.78 is 0. The largest absolute Gasteiger partial charge is 0.140 e. The lowest BCUT2D eigenvalue weighted by Gasteiger charge is -2.12. The van der Waals surface area contributed by atoms with E-state index in [9.17, 15) is 0 Å². The highest BCUT2D eigenvalue weighted by Crippen LogP contribution is 2.32. The van der Waals surface area contributed by atoms with E-state index in [1.165, 1.54) is 38.1 Å². The normalized spacial score (nSPS) is 11.0. The van der Waals surface area contributed by atoms with Gasteiger partial charge in [0.15, 0.2) is 0 Å². The molecule has 0 saturated heterocycles. The van der Waals surface area contributed by atoms with Gasteiger partial charge >= 0.3 is 0 Å². The summed E-state index contributed by atoms with van der Waals surface area (Å²) in [5.74, 6) is 0. The summed E-state index contributed by atoms with van der Waals surface area (Å²) in [6.07, 6.45) is 0. The van der Waals surface area contributed by atoms with Crippen LogP contribution in [0.15, 0.2) is 78.9 Å². The Morgan fingerprint density at radius 3 is 1.95 bits per heavy atom. The van der Waals surface area contributed by atoms with Crippen LogP contribution in [0.5, 0.6) is 0 Å². The van der Waals surface area contributed by atoms with Gasteiger partial charge in [0.1, 0.15) is 7.85 Å². The Hall–Kier alpha value is -2.54. The minimum absolute atomic E-state index is 1.29. The SMILES string of the molecule is Bc1ccc(-c2cccc3ccccc23)c2ccccc12. The van der Waals surface area contributed by atoms with E-state index in [1.54, 1.807) is 0 Å². The van der Waals surface area contributed by atoms with E-state index in [2.05, 4.69) is 86.7 Å². The molecule has 0 saturated carbocycles. The van der Waals surface area contributed by atoms with E-state index in [4.69, 9.17) is 0 Å². The van der Waals surface area contributed by atoms with E-state index in [0.717, 1.165) is 0 Å². The van der Waals surface area contributed by atoms with Gasteiger partial charge in [-0.2, -0.15) is 0 Å². The molecule has 0 bridgehead atoms. The standard InChI is InChI=1S/C20H15B/c21-20-13-12-18(17-9-3-4-10-19(17)20)16-11-5-7-14-6-1-2-8-15(14)16/h1-13H,21H2. The average Bonchev–Trinajstić information content (AvgIpc) is 2.55. The first kappa shape index (κ1) is 12.2. The lowest BCUT2D eigenvalue weighted by Crippen LogP contribution is -2.03. The second-order valence-electron chi connectivity index (χ2n) is 5.50. The molecule has 4 aromatic carbocycles. The summed E-state index contributed by atoms with van der Waals surface area (Å²) in [4.78, 5) is 0. The molecule has 0 unspecified atom stereocenters. The second kappa shape index (κ2) is 4.78. The monoisotopic (exact) mass is 266 g/mol. The van der Waals surface area contributed by atoms with Crippen LogP contribution < -0.4 is 5.46 Å². The smallest absolute Gasteiger partial charge is 0.0812 e. The van der Waals surface area contributed by atoms with Crippen LogP contribution in [0.1, 0.15) is 0 Å². The molecular weight excluding hydrogens is 251 g/mol. The summed E-state index contributed by atoms with van der Waals surface area (Å²) >= 11 is 0. The van der Waals surface area contributed by atoms with Crippen LogP contribution >= 0.6 is 0 Å². The Labute approximate surface area is 125 Å². The first-order chi connectivity index (χ1) is 10.3. The molecule has 0 aromatic heterocycles. The van der Waals surface area contributed by atoms with E-state index < -0.39 is 0 Å². The third-order valence-corrected chi connectivity index (χ3v) is 4.22. The third kappa shape index (κ3) is 1.93. The zero-order valence-corrected chi connectivity index (χ0v) is 12.0. The number of hydrogen-bond donors (Lipinski definition) is 0. The van der Waals surface area contributed by atoms with Crippen molar-refractivity contribution in [1.29, 1.82) is 0 Å². The highest BCUT2D eigenvalue weighted by molar-refractivity contribution is 6.39. The van der Waals surface area contributed by atoms with Crippen LogP contribution in [0.4, 0.5) is 0 Å². The molecule has 0 nitrogen and oxygen atoms in total. The van der Waals surface area contributed by atoms with E-state index in [1.807, 2.05) is 0 Å². The summed E-state index contributed by atoms with van der Waals surface area (Å²) in [5, 5.41) is 5.27. The maximum absolute atomic E-state index is 2.25. The van der Waals surface area contributed by atoms with Gasteiger partial charge < -0.3 is 0 Å². The fraction of sp³-hybridized carbons (Fsp3) is 0. The zero-order chi connectivity index (χ0) is 14.2. The summed E-state index contributed by atoms with van der Waals surface area (Å²) in [6.45, 7) is 0. The highest BCUT2D eigenvalue weighted by atomic mass is 14.1. The zero-order valence-electron chi connectivity index (χ0n) is 12.0. The van der Waals surface area contributed by atoms with E-state index in [-0.39, 0.29) is 0 Å². The Morgan fingerprint density at radius 2 is 1.10 bits per heavy atom. The minimum Gasteiger partial charge on any atom is -0.0812 e. The van der Waals surface area contributed by atoms with Crippen molar-refractivity contribution in [3.8, 4) is 11.1 Å². The van der Waals surface area contributed by atoms with Gasteiger partial charge in [-0.05, 0) is 32.7 Å². The molecule has 1 heteroatoms. The van der Waals surface area contributed by atoms with Crippen molar-refractivity contribution >= 4 is 34.9 Å².